The number of carbonyl (C=O) groups excluding carboxylic acids is 2. The Bertz CT molecular complexity index is 962. The molecule has 28 heavy (non-hydrogen) atoms. The molecule has 0 spiro atoms. The zero-order chi connectivity index (χ0) is 19.8. The van der Waals surface area contributed by atoms with Crippen LogP contribution in [0.3, 0.4) is 0 Å². The van der Waals surface area contributed by atoms with E-state index in [0.29, 0.717) is 40.1 Å². The lowest BCUT2D eigenvalue weighted by molar-refractivity contribution is -0.126. The highest BCUT2D eigenvalue weighted by molar-refractivity contribution is 6.31. The minimum Gasteiger partial charge on any atom is -0.494 e. The van der Waals surface area contributed by atoms with Crippen LogP contribution in [0.2, 0.25) is 5.02 Å². The molecule has 1 unspecified atom stereocenters. The Hall–Kier alpha value is -2.93. The Morgan fingerprint density at radius 1 is 1.29 bits per heavy atom. The molecule has 2 aromatic carbocycles. The molecule has 2 heterocycles. The first-order valence-electron chi connectivity index (χ1n) is 8.91. The van der Waals surface area contributed by atoms with Crippen LogP contribution in [0, 0.1) is 0 Å². The van der Waals surface area contributed by atoms with E-state index in [-0.39, 0.29) is 25.2 Å². The van der Waals surface area contributed by atoms with E-state index in [1.165, 1.54) is 6.92 Å². The fourth-order valence-electron chi connectivity index (χ4n) is 3.43. The first-order valence-corrected chi connectivity index (χ1v) is 9.29. The van der Waals surface area contributed by atoms with E-state index in [2.05, 4.69) is 5.32 Å². The van der Waals surface area contributed by atoms with Gasteiger partial charge < -0.3 is 24.4 Å². The van der Waals surface area contributed by atoms with E-state index < -0.39 is 6.04 Å². The molecular weight excluding hydrogens is 384 g/mol. The number of fused-ring (bicyclic) bond motifs is 2. The first-order chi connectivity index (χ1) is 13.5. The number of ether oxygens (including phenoxy) is 3. The van der Waals surface area contributed by atoms with Gasteiger partial charge in [0.25, 0.3) is 5.91 Å². The number of rotatable bonds is 5. The predicted octanol–water partition coefficient (Wildman–Crippen LogP) is 3.19. The maximum Gasteiger partial charge on any atom is 0.254 e. The third-order valence-electron chi connectivity index (χ3n) is 4.64. The monoisotopic (exact) mass is 402 g/mol. The van der Waals surface area contributed by atoms with Gasteiger partial charge in [0.2, 0.25) is 12.7 Å². The number of hydrogen-bond acceptors (Lipinski definition) is 5. The smallest absolute Gasteiger partial charge is 0.254 e. The van der Waals surface area contributed by atoms with Gasteiger partial charge in [-0.25, -0.2) is 0 Å². The summed E-state index contributed by atoms with van der Waals surface area (Å²) in [6, 6.07) is 8.11. The Balaban J connectivity index is 1.70. The van der Waals surface area contributed by atoms with Gasteiger partial charge in [0, 0.05) is 23.6 Å². The largest absolute Gasteiger partial charge is 0.494 e. The van der Waals surface area contributed by atoms with Crippen molar-refractivity contribution in [2.24, 2.45) is 0 Å². The van der Waals surface area contributed by atoms with Crippen LogP contribution in [0.15, 0.2) is 30.3 Å². The van der Waals surface area contributed by atoms with Gasteiger partial charge in [0.05, 0.1) is 18.8 Å². The van der Waals surface area contributed by atoms with Crippen LogP contribution in [-0.2, 0) is 16.1 Å². The van der Waals surface area contributed by atoms with E-state index in [9.17, 15) is 9.59 Å². The van der Waals surface area contributed by atoms with Crippen LogP contribution in [-0.4, -0.2) is 25.2 Å². The third-order valence-corrected chi connectivity index (χ3v) is 4.99. The average molecular weight is 403 g/mol. The number of amides is 2. The summed E-state index contributed by atoms with van der Waals surface area (Å²) in [6.45, 7) is 4.17. The van der Waals surface area contributed by atoms with Gasteiger partial charge in [0.15, 0.2) is 11.5 Å². The van der Waals surface area contributed by atoms with Crippen molar-refractivity contribution in [1.29, 1.82) is 0 Å². The molecule has 0 fully saturated rings. The van der Waals surface area contributed by atoms with Crippen molar-refractivity contribution >= 4 is 29.1 Å². The van der Waals surface area contributed by atoms with Crippen LogP contribution < -0.4 is 24.4 Å². The molecule has 1 atom stereocenters. The van der Waals surface area contributed by atoms with Crippen molar-refractivity contribution in [3.8, 4) is 17.2 Å². The Morgan fingerprint density at radius 3 is 2.75 bits per heavy atom. The first kappa shape index (κ1) is 18.4. The molecule has 0 aliphatic carbocycles. The highest BCUT2D eigenvalue weighted by Crippen LogP contribution is 2.42. The standard InChI is InChI=1S/C20H19ClN2O5/c1-3-26-13-4-5-16-14(7-13)19(22-11(2)24)20(25)23(16)9-12-6-17-18(8-15(12)21)28-10-27-17/h4-8,19H,3,9-10H2,1-2H3,(H,22,24). The van der Waals surface area contributed by atoms with Crippen molar-refractivity contribution in [2.75, 3.05) is 18.3 Å². The minimum atomic E-state index is -0.763. The highest BCUT2D eigenvalue weighted by Gasteiger charge is 2.38. The topological polar surface area (TPSA) is 77.1 Å². The van der Waals surface area contributed by atoms with Gasteiger partial charge in [-0.05, 0) is 36.8 Å². The van der Waals surface area contributed by atoms with Crippen LogP contribution in [0.5, 0.6) is 17.2 Å². The Labute approximate surface area is 167 Å². The van der Waals surface area contributed by atoms with Gasteiger partial charge in [-0.3, -0.25) is 9.59 Å². The second kappa shape index (κ2) is 7.24. The molecule has 2 aliphatic rings. The molecule has 7 nitrogen and oxygen atoms in total. The van der Waals surface area contributed by atoms with Crippen molar-refractivity contribution in [3.05, 3.63) is 46.5 Å². The quantitative estimate of drug-likeness (QED) is 0.831. The van der Waals surface area contributed by atoms with Gasteiger partial charge in [0.1, 0.15) is 11.8 Å². The second-order valence-electron chi connectivity index (χ2n) is 6.51. The molecule has 2 amide bonds. The summed E-state index contributed by atoms with van der Waals surface area (Å²) in [7, 11) is 0. The lowest BCUT2D eigenvalue weighted by Gasteiger charge is -2.19. The zero-order valence-corrected chi connectivity index (χ0v) is 16.2. The van der Waals surface area contributed by atoms with E-state index in [1.807, 2.05) is 13.0 Å². The summed E-state index contributed by atoms with van der Waals surface area (Å²) < 4.78 is 16.3. The average Bonchev–Trinajstić information content (AvgIpc) is 3.20. The predicted molar refractivity (Wildman–Crippen MR) is 103 cm³/mol. The molecule has 146 valence electrons. The summed E-state index contributed by atoms with van der Waals surface area (Å²) >= 11 is 6.39. The molecule has 0 aromatic heterocycles. The molecule has 1 N–H and O–H groups in total. The van der Waals surface area contributed by atoms with E-state index in [4.69, 9.17) is 25.8 Å². The second-order valence-corrected chi connectivity index (χ2v) is 6.92. The summed E-state index contributed by atoms with van der Waals surface area (Å²) in [6.07, 6.45) is 0. The molecule has 0 saturated carbocycles. The summed E-state index contributed by atoms with van der Waals surface area (Å²) in [4.78, 5) is 26.3. The SMILES string of the molecule is CCOc1ccc2c(c1)C(NC(C)=O)C(=O)N2Cc1cc2c(cc1Cl)OCO2. The molecule has 2 aliphatic heterocycles. The summed E-state index contributed by atoms with van der Waals surface area (Å²) in [5, 5.41) is 3.20. The molecular formula is C20H19ClN2O5. The Morgan fingerprint density at radius 2 is 2.04 bits per heavy atom. The maximum absolute atomic E-state index is 13.1. The van der Waals surface area contributed by atoms with Gasteiger partial charge in [-0.1, -0.05) is 11.6 Å². The van der Waals surface area contributed by atoms with Crippen LogP contribution in [0.1, 0.15) is 31.0 Å². The number of anilines is 1. The van der Waals surface area contributed by atoms with E-state index >= 15 is 0 Å². The molecule has 0 radical (unpaired) electrons. The summed E-state index contributed by atoms with van der Waals surface area (Å²) in [5.74, 6) is 1.31. The van der Waals surface area contributed by atoms with Crippen LogP contribution in [0.4, 0.5) is 5.69 Å². The number of nitrogens with one attached hydrogen (secondary N) is 1. The maximum atomic E-state index is 13.1. The fourth-order valence-corrected chi connectivity index (χ4v) is 3.64. The van der Waals surface area contributed by atoms with E-state index in [1.54, 1.807) is 29.2 Å². The molecule has 2 aromatic rings. The van der Waals surface area contributed by atoms with Crippen molar-refractivity contribution in [2.45, 2.75) is 26.4 Å². The third kappa shape index (κ3) is 3.22. The number of carbonyl (C=O) groups is 2. The van der Waals surface area contributed by atoms with Crippen molar-refractivity contribution < 1.29 is 23.8 Å². The number of hydrogen-bond donors (Lipinski definition) is 1. The Kier molecular flexibility index (Phi) is 4.77. The normalized spacial score (nSPS) is 16.9. The van der Waals surface area contributed by atoms with Gasteiger partial charge in [-0.2, -0.15) is 0 Å². The molecule has 8 heteroatoms. The lowest BCUT2D eigenvalue weighted by atomic mass is 10.1. The van der Waals surface area contributed by atoms with Crippen molar-refractivity contribution in [1.82, 2.24) is 5.32 Å². The highest BCUT2D eigenvalue weighted by atomic mass is 35.5. The molecule has 0 bridgehead atoms. The van der Waals surface area contributed by atoms with Crippen LogP contribution >= 0.6 is 11.6 Å². The van der Waals surface area contributed by atoms with E-state index in [0.717, 1.165) is 5.56 Å². The lowest BCUT2D eigenvalue weighted by Crippen LogP contribution is -2.36. The zero-order valence-electron chi connectivity index (χ0n) is 15.5. The van der Waals surface area contributed by atoms with Crippen LogP contribution in [0.25, 0.3) is 0 Å². The van der Waals surface area contributed by atoms with Gasteiger partial charge in [-0.15, -0.1) is 0 Å². The number of halogens is 1. The molecule has 4 rings (SSSR count). The summed E-state index contributed by atoms with van der Waals surface area (Å²) in [5.41, 5.74) is 2.13. The van der Waals surface area contributed by atoms with Gasteiger partial charge >= 0.3 is 0 Å². The number of benzene rings is 2. The molecule has 0 saturated heterocycles. The number of nitrogens with zero attached hydrogens (tertiary/aromatic N) is 1. The van der Waals surface area contributed by atoms with Crippen molar-refractivity contribution in [3.63, 3.8) is 0 Å². The minimum absolute atomic E-state index is 0.144. The fraction of sp³-hybridized carbons (Fsp3) is 0.300.